The first-order valence-corrected chi connectivity index (χ1v) is 14.8. The number of ether oxygens (including phenoxy) is 2. The molecule has 0 saturated carbocycles. The SMILES string of the molecule is CC(C)C[C@H](O)C(=O)N1CCC(Oc2ccc(-c3ccnc(Cc4ccc(N5CCOCC5)cc4)n3)cc2C#N)CC1. The van der Waals surface area contributed by atoms with Crippen LogP contribution in [0.3, 0.4) is 0 Å². The fraction of sp³-hybridized carbons (Fsp3) is 0.455. The average Bonchev–Trinajstić information content (AvgIpc) is 3.02. The van der Waals surface area contributed by atoms with E-state index in [4.69, 9.17) is 14.5 Å². The van der Waals surface area contributed by atoms with E-state index in [9.17, 15) is 15.2 Å². The summed E-state index contributed by atoms with van der Waals surface area (Å²) in [5.41, 5.74) is 4.34. The molecule has 1 atom stereocenters. The molecule has 2 aliphatic heterocycles. The van der Waals surface area contributed by atoms with Gasteiger partial charge < -0.3 is 24.4 Å². The molecule has 1 N–H and O–H groups in total. The molecule has 2 aromatic carbocycles. The molecule has 2 saturated heterocycles. The summed E-state index contributed by atoms with van der Waals surface area (Å²) in [7, 11) is 0. The fourth-order valence-electron chi connectivity index (χ4n) is 5.48. The molecule has 220 valence electrons. The van der Waals surface area contributed by atoms with Gasteiger partial charge in [-0.3, -0.25) is 4.79 Å². The molecule has 2 fully saturated rings. The van der Waals surface area contributed by atoms with Gasteiger partial charge in [-0.15, -0.1) is 0 Å². The van der Waals surface area contributed by atoms with Crippen LogP contribution in [0.25, 0.3) is 11.3 Å². The van der Waals surface area contributed by atoms with Crippen molar-refractivity contribution in [2.24, 2.45) is 5.92 Å². The van der Waals surface area contributed by atoms with Crippen molar-refractivity contribution in [3.8, 4) is 23.1 Å². The number of hydrogen-bond donors (Lipinski definition) is 1. The Morgan fingerprint density at radius 1 is 1.10 bits per heavy atom. The predicted octanol–water partition coefficient (Wildman–Crippen LogP) is 4.22. The number of hydrogen-bond acceptors (Lipinski definition) is 8. The lowest BCUT2D eigenvalue weighted by Crippen LogP contribution is -2.46. The third-order valence-electron chi connectivity index (χ3n) is 7.80. The van der Waals surface area contributed by atoms with Crippen molar-refractivity contribution < 1.29 is 19.4 Å². The normalized spacial score (nSPS) is 16.7. The largest absolute Gasteiger partial charge is 0.489 e. The van der Waals surface area contributed by atoms with Crippen molar-refractivity contribution in [1.82, 2.24) is 14.9 Å². The number of aliphatic hydroxyl groups excluding tert-OH is 1. The molecule has 0 aliphatic carbocycles. The van der Waals surface area contributed by atoms with Crippen LogP contribution in [0.1, 0.15) is 50.1 Å². The number of nitrogens with zero attached hydrogens (tertiary/aromatic N) is 5. The second kappa shape index (κ2) is 13.8. The third kappa shape index (κ3) is 7.44. The number of amides is 1. The molecule has 9 nitrogen and oxygen atoms in total. The van der Waals surface area contributed by atoms with Gasteiger partial charge in [-0.2, -0.15) is 5.26 Å². The number of rotatable bonds is 9. The molecule has 0 spiro atoms. The Hall–Kier alpha value is -4.00. The van der Waals surface area contributed by atoms with Crippen molar-refractivity contribution in [2.45, 2.75) is 51.7 Å². The van der Waals surface area contributed by atoms with Crippen LogP contribution in [0.15, 0.2) is 54.7 Å². The zero-order valence-corrected chi connectivity index (χ0v) is 24.4. The number of aliphatic hydroxyl groups is 1. The second-order valence-corrected chi connectivity index (χ2v) is 11.4. The molecule has 42 heavy (non-hydrogen) atoms. The van der Waals surface area contributed by atoms with Gasteiger partial charge in [-0.1, -0.05) is 26.0 Å². The van der Waals surface area contributed by atoms with Crippen LogP contribution in [0, 0.1) is 17.2 Å². The number of aromatic nitrogens is 2. The van der Waals surface area contributed by atoms with Crippen LogP contribution >= 0.6 is 0 Å². The average molecular weight is 570 g/mol. The van der Waals surface area contributed by atoms with E-state index < -0.39 is 6.10 Å². The lowest BCUT2D eigenvalue weighted by Gasteiger charge is -2.33. The van der Waals surface area contributed by atoms with Crippen molar-refractivity contribution >= 4 is 11.6 Å². The van der Waals surface area contributed by atoms with E-state index in [0.29, 0.717) is 55.9 Å². The summed E-state index contributed by atoms with van der Waals surface area (Å²) in [5.74, 6) is 1.29. The van der Waals surface area contributed by atoms with E-state index in [2.05, 4.69) is 40.2 Å². The Labute approximate surface area is 247 Å². The number of piperidine rings is 1. The van der Waals surface area contributed by atoms with Crippen LogP contribution in [-0.4, -0.2) is 77.5 Å². The van der Waals surface area contributed by atoms with E-state index in [-0.39, 0.29) is 17.9 Å². The van der Waals surface area contributed by atoms with E-state index >= 15 is 0 Å². The molecule has 9 heteroatoms. The molecule has 3 heterocycles. The van der Waals surface area contributed by atoms with Crippen LogP contribution in [0.4, 0.5) is 5.69 Å². The summed E-state index contributed by atoms with van der Waals surface area (Å²) in [6, 6.07) is 18.2. The van der Waals surface area contributed by atoms with Gasteiger partial charge in [0.05, 0.1) is 24.5 Å². The van der Waals surface area contributed by atoms with Crippen molar-refractivity contribution in [2.75, 3.05) is 44.3 Å². The van der Waals surface area contributed by atoms with Gasteiger partial charge in [-0.05, 0) is 54.3 Å². The monoisotopic (exact) mass is 569 g/mol. The summed E-state index contributed by atoms with van der Waals surface area (Å²) < 4.78 is 11.7. The van der Waals surface area contributed by atoms with Gasteiger partial charge in [0, 0.05) is 62.9 Å². The fourth-order valence-corrected chi connectivity index (χ4v) is 5.48. The smallest absolute Gasteiger partial charge is 0.251 e. The Balaban J connectivity index is 1.20. The topological polar surface area (TPSA) is 112 Å². The number of carbonyl (C=O) groups is 1. The van der Waals surface area contributed by atoms with Crippen LogP contribution in [0.5, 0.6) is 5.75 Å². The standard InChI is InChI=1S/C33H39N5O4/c1-23(2)19-30(39)33(40)38-13-10-28(11-14-38)42-31-8-5-25(21-26(31)22-34)29-9-12-35-32(36-29)20-24-3-6-27(7-4-24)37-15-17-41-18-16-37/h3-9,12,21,23,28,30,39H,10-11,13-20H2,1-2H3/t30-/m0/s1. The maximum atomic E-state index is 12.5. The quantitative estimate of drug-likeness (QED) is 0.408. The summed E-state index contributed by atoms with van der Waals surface area (Å²) in [5, 5.41) is 20.1. The minimum Gasteiger partial charge on any atom is -0.489 e. The summed E-state index contributed by atoms with van der Waals surface area (Å²) in [6.45, 7) is 8.36. The minimum atomic E-state index is -0.955. The number of morpholine rings is 1. The molecular formula is C33H39N5O4. The number of benzene rings is 2. The molecular weight excluding hydrogens is 530 g/mol. The van der Waals surface area contributed by atoms with Gasteiger partial charge in [0.2, 0.25) is 0 Å². The van der Waals surface area contributed by atoms with Gasteiger partial charge in [-0.25, -0.2) is 9.97 Å². The zero-order valence-electron chi connectivity index (χ0n) is 24.4. The Bertz CT molecular complexity index is 1390. The van der Waals surface area contributed by atoms with Crippen LogP contribution < -0.4 is 9.64 Å². The maximum Gasteiger partial charge on any atom is 0.251 e. The van der Waals surface area contributed by atoms with E-state index in [1.807, 2.05) is 32.0 Å². The Kier molecular flexibility index (Phi) is 9.67. The van der Waals surface area contributed by atoms with Gasteiger partial charge >= 0.3 is 0 Å². The third-order valence-corrected chi connectivity index (χ3v) is 7.80. The summed E-state index contributed by atoms with van der Waals surface area (Å²) >= 11 is 0. The number of carbonyl (C=O) groups excluding carboxylic acids is 1. The first-order chi connectivity index (χ1) is 20.4. The van der Waals surface area contributed by atoms with Gasteiger partial charge in [0.25, 0.3) is 5.91 Å². The lowest BCUT2D eigenvalue weighted by molar-refractivity contribution is -0.142. The number of anilines is 1. The molecule has 1 amide bonds. The second-order valence-electron chi connectivity index (χ2n) is 11.4. The van der Waals surface area contributed by atoms with Gasteiger partial charge in [0.15, 0.2) is 0 Å². The highest BCUT2D eigenvalue weighted by Gasteiger charge is 2.28. The first-order valence-electron chi connectivity index (χ1n) is 14.8. The zero-order chi connectivity index (χ0) is 29.5. The van der Waals surface area contributed by atoms with Crippen LogP contribution in [-0.2, 0) is 16.0 Å². The minimum absolute atomic E-state index is 0.102. The number of likely N-dealkylation sites (tertiary alicyclic amines) is 1. The first kappa shape index (κ1) is 29.5. The molecule has 3 aromatic rings. The summed E-state index contributed by atoms with van der Waals surface area (Å²) in [4.78, 5) is 25.9. The van der Waals surface area contributed by atoms with E-state index in [1.54, 1.807) is 17.2 Å². The maximum absolute atomic E-state index is 12.5. The highest BCUT2D eigenvalue weighted by molar-refractivity contribution is 5.80. The molecule has 2 aliphatic rings. The highest BCUT2D eigenvalue weighted by atomic mass is 16.5. The molecule has 0 bridgehead atoms. The number of nitriles is 1. The Morgan fingerprint density at radius 2 is 1.83 bits per heavy atom. The van der Waals surface area contributed by atoms with Crippen LogP contribution in [0.2, 0.25) is 0 Å². The lowest BCUT2D eigenvalue weighted by atomic mass is 10.0. The van der Waals surface area contributed by atoms with Crippen molar-refractivity contribution in [1.29, 1.82) is 5.26 Å². The molecule has 1 aromatic heterocycles. The van der Waals surface area contributed by atoms with E-state index in [1.165, 1.54) is 5.69 Å². The van der Waals surface area contributed by atoms with Gasteiger partial charge in [0.1, 0.15) is 29.9 Å². The molecule has 5 rings (SSSR count). The van der Waals surface area contributed by atoms with E-state index in [0.717, 1.165) is 43.1 Å². The molecule has 0 radical (unpaired) electrons. The molecule has 0 unspecified atom stereocenters. The van der Waals surface area contributed by atoms with Crippen molar-refractivity contribution in [3.63, 3.8) is 0 Å². The Morgan fingerprint density at radius 3 is 2.52 bits per heavy atom. The summed E-state index contributed by atoms with van der Waals surface area (Å²) in [6.07, 6.45) is 3.06. The predicted molar refractivity (Wildman–Crippen MR) is 160 cm³/mol. The van der Waals surface area contributed by atoms with Crippen molar-refractivity contribution in [3.05, 3.63) is 71.7 Å². The highest BCUT2D eigenvalue weighted by Crippen LogP contribution is 2.28.